The molecule has 1 aromatic carbocycles. The number of hydrogen-bond acceptors (Lipinski definition) is 5. The molecule has 3 aromatic rings. The molecule has 0 atom stereocenters. The van der Waals surface area contributed by atoms with Crippen LogP contribution >= 0.6 is 27.3 Å². The van der Waals surface area contributed by atoms with E-state index in [2.05, 4.69) is 62.1 Å². The summed E-state index contributed by atoms with van der Waals surface area (Å²) in [6, 6.07) is 8.14. The second-order valence-electron chi connectivity index (χ2n) is 4.69. The van der Waals surface area contributed by atoms with E-state index in [1.807, 2.05) is 16.6 Å². The molecule has 2 aromatic heterocycles. The number of aromatic nitrogens is 4. The number of hydrogen-bond donors (Lipinski definition) is 0. The maximum atomic E-state index is 4.67. The quantitative estimate of drug-likeness (QED) is 0.694. The zero-order valence-electron chi connectivity index (χ0n) is 12.0. The molecule has 0 saturated carbocycles. The molecular weight excluding hydrogens is 350 g/mol. The minimum Gasteiger partial charge on any atom is -0.296 e. The van der Waals surface area contributed by atoms with Gasteiger partial charge in [0.25, 0.3) is 0 Å². The van der Waals surface area contributed by atoms with Crippen molar-refractivity contribution in [2.45, 2.75) is 20.4 Å². The van der Waals surface area contributed by atoms with Crippen LogP contribution in [0, 0.1) is 0 Å². The van der Waals surface area contributed by atoms with Crippen LogP contribution in [0.5, 0.6) is 0 Å². The third-order valence-corrected chi connectivity index (χ3v) is 4.83. The average molecular weight is 366 g/mol. The molecule has 0 aliphatic rings. The summed E-state index contributed by atoms with van der Waals surface area (Å²) >= 11 is 5.06. The van der Waals surface area contributed by atoms with Gasteiger partial charge in [0.2, 0.25) is 4.96 Å². The van der Waals surface area contributed by atoms with Crippen molar-refractivity contribution in [3.8, 4) is 10.6 Å². The fraction of sp³-hybridized carbons (Fsp3) is 0.357. The van der Waals surface area contributed by atoms with Crippen molar-refractivity contribution < 1.29 is 0 Å². The van der Waals surface area contributed by atoms with Gasteiger partial charge in [-0.2, -0.15) is 9.61 Å². The molecule has 0 radical (unpaired) electrons. The SMILES string of the molecule is CCN(CC)Cc1nnc2sc(-c3cccc(Br)c3)nn12. The van der Waals surface area contributed by atoms with E-state index in [9.17, 15) is 0 Å². The fourth-order valence-corrected chi connectivity index (χ4v) is 3.40. The third-order valence-electron chi connectivity index (χ3n) is 3.39. The molecule has 0 amide bonds. The van der Waals surface area contributed by atoms with Gasteiger partial charge in [-0.3, -0.25) is 4.90 Å². The fourth-order valence-electron chi connectivity index (χ4n) is 2.14. The van der Waals surface area contributed by atoms with Crippen LogP contribution in [-0.2, 0) is 6.54 Å². The predicted molar refractivity (Wildman–Crippen MR) is 88.4 cm³/mol. The monoisotopic (exact) mass is 365 g/mol. The van der Waals surface area contributed by atoms with Crippen LogP contribution in [0.4, 0.5) is 0 Å². The second-order valence-corrected chi connectivity index (χ2v) is 6.56. The topological polar surface area (TPSA) is 46.3 Å². The Hall–Kier alpha value is -1.31. The lowest BCUT2D eigenvalue weighted by Gasteiger charge is -2.15. The van der Waals surface area contributed by atoms with Gasteiger partial charge in [0.05, 0.1) is 6.54 Å². The van der Waals surface area contributed by atoms with Crippen molar-refractivity contribution in [3.63, 3.8) is 0 Å². The van der Waals surface area contributed by atoms with Gasteiger partial charge < -0.3 is 0 Å². The lowest BCUT2D eigenvalue weighted by atomic mass is 10.2. The van der Waals surface area contributed by atoms with Crippen LogP contribution < -0.4 is 0 Å². The Labute approximate surface area is 135 Å². The number of nitrogens with zero attached hydrogens (tertiary/aromatic N) is 5. The Balaban J connectivity index is 1.96. The lowest BCUT2D eigenvalue weighted by Crippen LogP contribution is -2.23. The Morgan fingerprint density at radius 3 is 2.76 bits per heavy atom. The highest BCUT2D eigenvalue weighted by molar-refractivity contribution is 9.10. The Kier molecular flexibility index (Phi) is 4.32. The minimum atomic E-state index is 0.774. The molecule has 0 aliphatic carbocycles. The maximum Gasteiger partial charge on any atom is 0.235 e. The summed E-state index contributed by atoms with van der Waals surface area (Å²) in [4.78, 5) is 3.14. The maximum absolute atomic E-state index is 4.67. The summed E-state index contributed by atoms with van der Waals surface area (Å²) in [6.07, 6.45) is 0. The van der Waals surface area contributed by atoms with Gasteiger partial charge >= 0.3 is 0 Å². The van der Waals surface area contributed by atoms with Gasteiger partial charge in [-0.25, -0.2) is 0 Å². The van der Waals surface area contributed by atoms with E-state index in [1.54, 1.807) is 11.3 Å². The molecule has 7 heteroatoms. The molecular formula is C14H16BrN5S. The number of fused-ring (bicyclic) bond motifs is 1. The number of halogens is 1. The van der Waals surface area contributed by atoms with Crippen molar-refractivity contribution in [3.05, 3.63) is 34.6 Å². The first-order valence-corrected chi connectivity index (χ1v) is 8.51. The standard InChI is InChI=1S/C14H16BrN5S/c1-3-19(4-2)9-12-16-17-14-20(12)18-13(21-14)10-6-5-7-11(15)8-10/h5-8H,3-4,9H2,1-2H3. The van der Waals surface area contributed by atoms with E-state index in [1.165, 1.54) is 0 Å². The Morgan fingerprint density at radius 1 is 1.24 bits per heavy atom. The van der Waals surface area contributed by atoms with Gasteiger partial charge in [-0.15, -0.1) is 10.2 Å². The summed E-state index contributed by atoms with van der Waals surface area (Å²) in [5.74, 6) is 0.895. The van der Waals surface area contributed by atoms with Crippen molar-refractivity contribution in [1.29, 1.82) is 0 Å². The molecule has 0 aliphatic heterocycles. The van der Waals surface area contributed by atoms with E-state index < -0.39 is 0 Å². The molecule has 0 unspecified atom stereocenters. The van der Waals surface area contributed by atoms with Crippen LogP contribution in [0.2, 0.25) is 0 Å². The summed E-state index contributed by atoms with van der Waals surface area (Å²) in [5.41, 5.74) is 1.09. The molecule has 5 nitrogen and oxygen atoms in total. The molecule has 0 spiro atoms. The average Bonchev–Trinajstić information content (AvgIpc) is 3.06. The normalized spacial score (nSPS) is 11.6. The second kappa shape index (κ2) is 6.21. The van der Waals surface area contributed by atoms with Crippen molar-refractivity contribution in [2.75, 3.05) is 13.1 Å². The highest BCUT2D eigenvalue weighted by atomic mass is 79.9. The van der Waals surface area contributed by atoms with E-state index in [0.29, 0.717) is 0 Å². The molecule has 2 heterocycles. The van der Waals surface area contributed by atoms with Gasteiger partial charge in [0.1, 0.15) is 5.01 Å². The van der Waals surface area contributed by atoms with Crippen molar-refractivity contribution >= 4 is 32.2 Å². The molecule has 0 bridgehead atoms. The Bertz CT molecular complexity index is 747. The molecule has 0 N–H and O–H groups in total. The first kappa shape index (κ1) is 14.6. The van der Waals surface area contributed by atoms with Gasteiger partial charge in [0, 0.05) is 10.0 Å². The molecule has 0 saturated heterocycles. The highest BCUT2D eigenvalue weighted by Gasteiger charge is 2.14. The van der Waals surface area contributed by atoms with Crippen LogP contribution in [0.25, 0.3) is 15.5 Å². The molecule has 21 heavy (non-hydrogen) atoms. The van der Waals surface area contributed by atoms with Gasteiger partial charge in [-0.1, -0.05) is 53.2 Å². The Morgan fingerprint density at radius 2 is 2.05 bits per heavy atom. The van der Waals surface area contributed by atoms with E-state index in [4.69, 9.17) is 0 Å². The zero-order valence-corrected chi connectivity index (χ0v) is 14.4. The van der Waals surface area contributed by atoms with Crippen LogP contribution in [0.15, 0.2) is 28.7 Å². The number of benzene rings is 1. The first-order valence-electron chi connectivity index (χ1n) is 6.90. The van der Waals surface area contributed by atoms with Gasteiger partial charge in [-0.05, 0) is 25.2 Å². The summed E-state index contributed by atoms with van der Waals surface area (Å²) in [5, 5.41) is 14.1. The highest BCUT2D eigenvalue weighted by Crippen LogP contribution is 2.27. The summed E-state index contributed by atoms with van der Waals surface area (Å²) in [6.45, 7) is 7.06. The van der Waals surface area contributed by atoms with Crippen LogP contribution in [0.1, 0.15) is 19.7 Å². The van der Waals surface area contributed by atoms with E-state index >= 15 is 0 Å². The van der Waals surface area contributed by atoms with Gasteiger partial charge in [0.15, 0.2) is 5.82 Å². The number of rotatable bonds is 5. The summed E-state index contributed by atoms with van der Waals surface area (Å²) in [7, 11) is 0. The van der Waals surface area contributed by atoms with Crippen molar-refractivity contribution in [1.82, 2.24) is 24.7 Å². The van der Waals surface area contributed by atoms with E-state index in [0.717, 1.165) is 45.5 Å². The lowest BCUT2D eigenvalue weighted by molar-refractivity contribution is 0.286. The minimum absolute atomic E-state index is 0.774. The molecule has 3 rings (SSSR count). The predicted octanol–water partition coefficient (Wildman–Crippen LogP) is 3.46. The third kappa shape index (κ3) is 3.00. The van der Waals surface area contributed by atoms with Crippen molar-refractivity contribution in [2.24, 2.45) is 0 Å². The largest absolute Gasteiger partial charge is 0.296 e. The van der Waals surface area contributed by atoms with E-state index in [-0.39, 0.29) is 0 Å². The zero-order chi connectivity index (χ0) is 14.8. The van der Waals surface area contributed by atoms with Crippen LogP contribution in [0.3, 0.4) is 0 Å². The molecule has 110 valence electrons. The summed E-state index contributed by atoms with van der Waals surface area (Å²) < 4.78 is 2.91. The molecule has 0 fully saturated rings. The van der Waals surface area contributed by atoms with Crippen LogP contribution in [-0.4, -0.2) is 37.8 Å². The smallest absolute Gasteiger partial charge is 0.235 e. The first-order chi connectivity index (χ1) is 10.2.